The largest absolute Gasteiger partial charge is 0.338 e. The van der Waals surface area contributed by atoms with Crippen LogP contribution >= 0.6 is 0 Å². The zero-order valence-electron chi connectivity index (χ0n) is 8.84. The number of carbonyl (C=O) groups excluding carboxylic acids is 1. The summed E-state index contributed by atoms with van der Waals surface area (Å²) in [5.41, 5.74) is 3.79. The van der Waals surface area contributed by atoms with Gasteiger partial charge in [0.05, 0.1) is 0 Å². The molecule has 0 radical (unpaired) electrons. The van der Waals surface area contributed by atoms with Gasteiger partial charge in [-0.05, 0) is 12.5 Å². The van der Waals surface area contributed by atoms with Gasteiger partial charge in [0.1, 0.15) is 0 Å². The van der Waals surface area contributed by atoms with Crippen LogP contribution in [0.5, 0.6) is 0 Å². The van der Waals surface area contributed by atoms with Crippen LogP contribution in [0.1, 0.15) is 33.1 Å². The highest BCUT2D eigenvalue weighted by molar-refractivity contribution is 5.88. The van der Waals surface area contributed by atoms with Gasteiger partial charge in [-0.15, -0.1) is 0 Å². The van der Waals surface area contributed by atoms with Crippen LogP contribution < -0.4 is 0 Å². The van der Waals surface area contributed by atoms with E-state index in [1.807, 2.05) is 11.8 Å². The van der Waals surface area contributed by atoms with Gasteiger partial charge in [0.2, 0.25) is 5.91 Å². The van der Waals surface area contributed by atoms with Crippen molar-refractivity contribution in [3.63, 3.8) is 0 Å². The zero-order valence-corrected chi connectivity index (χ0v) is 8.84. The van der Waals surface area contributed by atoms with E-state index in [-0.39, 0.29) is 5.91 Å². The summed E-state index contributed by atoms with van der Waals surface area (Å²) in [5.74, 6) is 0.265. The Labute approximate surface area is 84.5 Å². The second kappa shape index (κ2) is 3.56. The number of rotatable bonds is 1. The van der Waals surface area contributed by atoms with Gasteiger partial charge in [-0.1, -0.05) is 6.92 Å². The molecule has 0 unspecified atom stereocenters. The fourth-order valence-electron chi connectivity index (χ4n) is 2.13. The second-order valence-corrected chi connectivity index (χ2v) is 3.99. The monoisotopic (exact) mass is 192 g/mol. The number of hydrogen-bond donors (Lipinski definition) is 0. The minimum absolute atomic E-state index is 0.265. The number of carbonyl (C=O) groups is 1. The Hall–Kier alpha value is -1.12. The molecule has 0 saturated carbocycles. The van der Waals surface area contributed by atoms with E-state index >= 15 is 0 Å². The van der Waals surface area contributed by atoms with Crippen LogP contribution in [0.3, 0.4) is 0 Å². The molecule has 2 rings (SSSR count). The Morgan fingerprint density at radius 3 is 3.07 bits per heavy atom. The molecule has 76 valence electrons. The third-order valence-corrected chi connectivity index (χ3v) is 2.86. The average molecular weight is 192 g/mol. The van der Waals surface area contributed by atoms with Crippen molar-refractivity contribution in [2.45, 2.75) is 33.1 Å². The van der Waals surface area contributed by atoms with Gasteiger partial charge in [-0.2, -0.15) is 0 Å². The molecule has 1 amide bonds. The Balaban J connectivity index is 2.06. The third kappa shape index (κ3) is 1.59. The van der Waals surface area contributed by atoms with Crippen LogP contribution in [-0.4, -0.2) is 29.6 Å². The van der Waals surface area contributed by atoms with Gasteiger partial charge in [0.15, 0.2) is 0 Å². The van der Waals surface area contributed by atoms with Crippen molar-refractivity contribution in [2.24, 2.45) is 4.99 Å². The highest BCUT2D eigenvalue weighted by Crippen LogP contribution is 2.27. The third-order valence-electron chi connectivity index (χ3n) is 2.86. The van der Waals surface area contributed by atoms with Crippen molar-refractivity contribution < 1.29 is 4.79 Å². The Bertz CT molecular complexity index is 328. The highest BCUT2D eigenvalue weighted by atomic mass is 16.2. The van der Waals surface area contributed by atoms with Gasteiger partial charge in [0, 0.05) is 43.8 Å². The Kier molecular flexibility index (Phi) is 2.40. The first-order valence-corrected chi connectivity index (χ1v) is 5.23. The Morgan fingerprint density at radius 1 is 1.57 bits per heavy atom. The summed E-state index contributed by atoms with van der Waals surface area (Å²) in [7, 11) is 0. The van der Waals surface area contributed by atoms with Crippen molar-refractivity contribution in [3.8, 4) is 0 Å². The predicted octanol–water partition coefficient (Wildman–Crippen LogP) is 1.75. The van der Waals surface area contributed by atoms with Crippen LogP contribution in [0.25, 0.3) is 0 Å². The maximum absolute atomic E-state index is 11.5. The van der Waals surface area contributed by atoms with Gasteiger partial charge in [-0.3, -0.25) is 9.79 Å². The van der Waals surface area contributed by atoms with Crippen molar-refractivity contribution in [1.82, 2.24) is 4.90 Å². The summed E-state index contributed by atoms with van der Waals surface area (Å²) in [6.45, 7) is 5.64. The van der Waals surface area contributed by atoms with Gasteiger partial charge in [-0.25, -0.2) is 0 Å². The van der Waals surface area contributed by atoms with Crippen molar-refractivity contribution in [2.75, 3.05) is 13.1 Å². The van der Waals surface area contributed by atoms with E-state index < -0.39 is 0 Å². The first kappa shape index (κ1) is 9.44. The summed E-state index contributed by atoms with van der Waals surface area (Å²) < 4.78 is 0. The SMILES string of the molecule is CCC(=O)N1CCC2=C(CC(C)=N2)C1. The normalized spacial score (nSPS) is 21.0. The first-order valence-electron chi connectivity index (χ1n) is 5.23. The molecular formula is C11H16N2O. The van der Waals surface area contributed by atoms with Crippen LogP contribution in [0.15, 0.2) is 16.3 Å². The summed E-state index contributed by atoms with van der Waals surface area (Å²) in [6, 6.07) is 0. The molecule has 3 nitrogen and oxygen atoms in total. The maximum atomic E-state index is 11.5. The maximum Gasteiger partial charge on any atom is 0.222 e. The lowest BCUT2D eigenvalue weighted by Crippen LogP contribution is -2.36. The molecule has 0 saturated heterocycles. The van der Waals surface area contributed by atoms with E-state index in [2.05, 4.69) is 11.9 Å². The van der Waals surface area contributed by atoms with E-state index in [4.69, 9.17) is 0 Å². The molecule has 0 N–H and O–H groups in total. The van der Waals surface area contributed by atoms with Crippen molar-refractivity contribution >= 4 is 11.6 Å². The Morgan fingerprint density at radius 2 is 2.36 bits per heavy atom. The predicted molar refractivity (Wildman–Crippen MR) is 56.2 cm³/mol. The number of amides is 1. The number of aliphatic imine (C=N–C) groups is 1. The molecule has 0 aromatic heterocycles. The fraction of sp³-hybridized carbons (Fsp3) is 0.636. The fourth-order valence-corrected chi connectivity index (χ4v) is 2.13. The molecule has 0 spiro atoms. The minimum Gasteiger partial charge on any atom is -0.338 e. The molecule has 2 heterocycles. The van der Waals surface area contributed by atoms with Gasteiger partial charge in [0.25, 0.3) is 0 Å². The van der Waals surface area contributed by atoms with E-state index in [1.54, 1.807) is 0 Å². The molecule has 0 fully saturated rings. The molecule has 0 bridgehead atoms. The molecule has 3 heteroatoms. The minimum atomic E-state index is 0.265. The second-order valence-electron chi connectivity index (χ2n) is 3.99. The first-order chi connectivity index (χ1) is 6.70. The van der Waals surface area contributed by atoms with Crippen LogP contribution in [0.2, 0.25) is 0 Å². The summed E-state index contributed by atoms with van der Waals surface area (Å²) in [6.07, 6.45) is 2.53. The lowest BCUT2D eigenvalue weighted by Gasteiger charge is -2.27. The number of nitrogens with zero attached hydrogens (tertiary/aromatic N) is 2. The van der Waals surface area contributed by atoms with Crippen LogP contribution in [-0.2, 0) is 4.79 Å². The van der Waals surface area contributed by atoms with E-state index in [0.717, 1.165) is 25.9 Å². The smallest absolute Gasteiger partial charge is 0.222 e. The average Bonchev–Trinajstić information content (AvgIpc) is 2.55. The summed E-state index contributed by atoms with van der Waals surface area (Å²) in [4.78, 5) is 17.9. The van der Waals surface area contributed by atoms with Gasteiger partial charge < -0.3 is 4.90 Å². The van der Waals surface area contributed by atoms with Crippen molar-refractivity contribution in [1.29, 1.82) is 0 Å². The standard InChI is InChI=1S/C11H16N2O/c1-3-11(14)13-5-4-10-9(7-13)6-8(2)12-10/h3-7H2,1-2H3. The van der Waals surface area contributed by atoms with Gasteiger partial charge >= 0.3 is 0 Å². The lowest BCUT2D eigenvalue weighted by atomic mass is 10.0. The van der Waals surface area contributed by atoms with Crippen LogP contribution in [0.4, 0.5) is 0 Å². The summed E-state index contributed by atoms with van der Waals surface area (Å²) in [5, 5.41) is 0. The molecular weight excluding hydrogens is 176 g/mol. The molecule has 14 heavy (non-hydrogen) atoms. The molecule has 2 aliphatic rings. The van der Waals surface area contributed by atoms with E-state index in [1.165, 1.54) is 17.0 Å². The highest BCUT2D eigenvalue weighted by Gasteiger charge is 2.24. The topological polar surface area (TPSA) is 32.7 Å². The molecule has 0 aromatic rings. The quantitative estimate of drug-likeness (QED) is 0.623. The zero-order chi connectivity index (χ0) is 10.1. The van der Waals surface area contributed by atoms with Crippen molar-refractivity contribution in [3.05, 3.63) is 11.3 Å². The molecule has 0 aromatic carbocycles. The molecule has 2 aliphatic heterocycles. The molecule has 0 atom stereocenters. The summed E-state index contributed by atoms with van der Waals surface area (Å²) >= 11 is 0. The van der Waals surface area contributed by atoms with E-state index in [9.17, 15) is 4.79 Å². The van der Waals surface area contributed by atoms with E-state index in [0.29, 0.717) is 6.42 Å². The lowest BCUT2D eigenvalue weighted by molar-refractivity contribution is -0.130. The number of hydrogen-bond acceptors (Lipinski definition) is 2. The molecule has 0 aliphatic carbocycles. The van der Waals surface area contributed by atoms with Crippen LogP contribution in [0, 0.1) is 0 Å².